The Balaban J connectivity index is 2.56. The van der Waals surface area contributed by atoms with Crippen molar-refractivity contribution >= 4 is 0 Å². The highest BCUT2D eigenvalue weighted by atomic mass is 16.5. The average molecular weight is 250 g/mol. The fraction of sp³-hybridized carbons (Fsp3) is 0.667. The quantitative estimate of drug-likeness (QED) is 0.807. The summed E-state index contributed by atoms with van der Waals surface area (Å²) in [6.07, 6.45) is 6.07. The molecule has 0 radical (unpaired) electrons. The van der Waals surface area contributed by atoms with Crippen molar-refractivity contribution in [3.63, 3.8) is 0 Å². The van der Waals surface area contributed by atoms with Crippen LogP contribution >= 0.6 is 0 Å². The Kier molecular flexibility index (Phi) is 6.13. The van der Waals surface area contributed by atoms with Gasteiger partial charge in [-0.05, 0) is 51.3 Å². The van der Waals surface area contributed by atoms with E-state index in [0.29, 0.717) is 12.0 Å². The normalized spacial score (nSPS) is 13.1. The van der Waals surface area contributed by atoms with Crippen LogP contribution in [0.2, 0.25) is 0 Å². The third-order valence-corrected chi connectivity index (χ3v) is 3.06. The van der Waals surface area contributed by atoms with Crippen LogP contribution in [0, 0.1) is 5.92 Å². The van der Waals surface area contributed by atoms with Crippen LogP contribution in [0.5, 0.6) is 5.75 Å². The van der Waals surface area contributed by atoms with Crippen LogP contribution in [0.1, 0.15) is 39.7 Å². The van der Waals surface area contributed by atoms with E-state index in [-0.39, 0.29) is 6.10 Å². The van der Waals surface area contributed by atoms with Gasteiger partial charge in [0.2, 0.25) is 0 Å². The molecule has 0 amide bonds. The minimum absolute atomic E-state index is 0.197. The summed E-state index contributed by atoms with van der Waals surface area (Å²) >= 11 is 0. The summed E-state index contributed by atoms with van der Waals surface area (Å²) in [4.78, 5) is 4.24. The van der Waals surface area contributed by atoms with E-state index in [1.54, 1.807) is 6.20 Å². The van der Waals surface area contributed by atoms with E-state index < -0.39 is 0 Å². The monoisotopic (exact) mass is 250 g/mol. The Morgan fingerprint density at radius 1 is 1.22 bits per heavy atom. The minimum atomic E-state index is 0.197. The summed E-state index contributed by atoms with van der Waals surface area (Å²) in [6.45, 7) is 8.56. The summed E-state index contributed by atoms with van der Waals surface area (Å²) in [5.74, 6) is 1.52. The van der Waals surface area contributed by atoms with E-state index in [9.17, 15) is 0 Å². The number of nitrogens with one attached hydrogen (secondary N) is 1. The van der Waals surface area contributed by atoms with Gasteiger partial charge in [0.1, 0.15) is 5.75 Å². The topological polar surface area (TPSA) is 34.2 Å². The van der Waals surface area contributed by atoms with E-state index in [2.05, 4.69) is 30.2 Å². The van der Waals surface area contributed by atoms with Gasteiger partial charge in [0.25, 0.3) is 0 Å². The van der Waals surface area contributed by atoms with Gasteiger partial charge in [0.15, 0.2) is 0 Å². The van der Waals surface area contributed by atoms with Crippen molar-refractivity contribution in [3.05, 3.63) is 24.0 Å². The number of nitrogens with zero attached hydrogens (tertiary/aromatic N) is 1. The largest absolute Gasteiger partial charge is 0.489 e. The molecule has 0 aliphatic heterocycles. The lowest BCUT2D eigenvalue weighted by Gasteiger charge is -2.20. The number of ether oxygens (including phenoxy) is 1. The van der Waals surface area contributed by atoms with Gasteiger partial charge in [0, 0.05) is 12.2 Å². The molecule has 1 atom stereocenters. The maximum absolute atomic E-state index is 5.66. The minimum Gasteiger partial charge on any atom is -0.489 e. The predicted octanol–water partition coefficient (Wildman–Crippen LogP) is 3.05. The Morgan fingerprint density at radius 2 is 1.94 bits per heavy atom. The second-order valence-corrected chi connectivity index (χ2v) is 5.37. The van der Waals surface area contributed by atoms with Crippen LogP contribution in [0.25, 0.3) is 0 Å². The number of hydrogen-bond donors (Lipinski definition) is 1. The van der Waals surface area contributed by atoms with Crippen molar-refractivity contribution in [3.8, 4) is 5.75 Å². The Hall–Kier alpha value is -1.09. The summed E-state index contributed by atoms with van der Waals surface area (Å²) in [6, 6.07) is 2.65. The molecule has 0 aromatic carbocycles. The zero-order chi connectivity index (χ0) is 13.5. The van der Waals surface area contributed by atoms with Gasteiger partial charge in [-0.25, -0.2) is 0 Å². The fourth-order valence-corrected chi connectivity index (χ4v) is 2.07. The average Bonchev–Trinajstić information content (AvgIpc) is 2.29. The zero-order valence-electron chi connectivity index (χ0n) is 12.2. The molecule has 1 unspecified atom stereocenters. The van der Waals surface area contributed by atoms with Crippen LogP contribution in [-0.4, -0.2) is 24.2 Å². The maximum atomic E-state index is 5.66. The van der Waals surface area contributed by atoms with Crippen molar-refractivity contribution in [1.82, 2.24) is 10.3 Å². The smallest absolute Gasteiger partial charge is 0.138 e. The van der Waals surface area contributed by atoms with Gasteiger partial charge in [0.05, 0.1) is 12.3 Å². The molecule has 1 N–H and O–H groups in total. The predicted molar refractivity (Wildman–Crippen MR) is 76.0 cm³/mol. The van der Waals surface area contributed by atoms with Crippen molar-refractivity contribution in [2.45, 2.75) is 52.7 Å². The molecule has 3 nitrogen and oxygen atoms in total. The van der Waals surface area contributed by atoms with Gasteiger partial charge >= 0.3 is 0 Å². The zero-order valence-corrected chi connectivity index (χ0v) is 12.2. The second kappa shape index (κ2) is 7.37. The third kappa shape index (κ3) is 5.05. The first kappa shape index (κ1) is 15.0. The van der Waals surface area contributed by atoms with Crippen LogP contribution in [0.3, 0.4) is 0 Å². The summed E-state index contributed by atoms with van der Waals surface area (Å²) in [5, 5.41) is 3.37. The Morgan fingerprint density at radius 3 is 2.50 bits per heavy atom. The second-order valence-electron chi connectivity index (χ2n) is 5.37. The van der Waals surface area contributed by atoms with E-state index in [0.717, 1.165) is 18.6 Å². The van der Waals surface area contributed by atoms with Gasteiger partial charge in [-0.2, -0.15) is 0 Å². The van der Waals surface area contributed by atoms with Crippen LogP contribution in [-0.2, 0) is 6.42 Å². The lowest BCUT2D eigenvalue weighted by molar-refractivity contribution is 0.241. The van der Waals surface area contributed by atoms with Gasteiger partial charge in [-0.15, -0.1) is 0 Å². The SMILES string of the molecule is CNC(CCc1cncc(OC(C)C)c1)C(C)C. The molecule has 1 heterocycles. The van der Waals surface area contributed by atoms with E-state index in [4.69, 9.17) is 4.74 Å². The van der Waals surface area contributed by atoms with Gasteiger partial charge in [-0.1, -0.05) is 13.8 Å². The molecule has 0 aliphatic carbocycles. The summed E-state index contributed by atoms with van der Waals surface area (Å²) in [7, 11) is 2.03. The highest BCUT2D eigenvalue weighted by Crippen LogP contribution is 2.16. The molecule has 102 valence electrons. The molecule has 1 rings (SSSR count). The molecule has 3 heteroatoms. The molecule has 0 saturated carbocycles. The number of pyridine rings is 1. The fourth-order valence-electron chi connectivity index (χ4n) is 2.07. The van der Waals surface area contributed by atoms with E-state index >= 15 is 0 Å². The molecule has 0 aliphatic rings. The van der Waals surface area contributed by atoms with Crippen LogP contribution < -0.4 is 10.1 Å². The standard InChI is InChI=1S/C15H26N2O/c1-11(2)15(16-5)7-6-13-8-14(10-17-9-13)18-12(3)4/h8-12,15-16H,6-7H2,1-5H3. The molecule has 0 bridgehead atoms. The first-order valence-corrected chi connectivity index (χ1v) is 6.80. The first-order valence-electron chi connectivity index (χ1n) is 6.80. The number of hydrogen-bond acceptors (Lipinski definition) is 3. The summed E-state index contributed by atoms with van der Waals surface area (Å²) in [5.41, 5.74) is 1.24. The summed E-state index contributed by atoms with van der Waals surface area (Å²) < 4.78 is 5.66. The van der Waals surface area contributed by atoms with Crippen LogP contribution in [0.4, 0.5) is 0 Å². The van der Waals surface area contributed by atoms with Crippen molar-refractivity contribution in [1.29, 1.82) is 0 Å². The van der Waals surface area contributed by atoms with E-state index in [1.165, 1.54) is 5.56 Å². The first-order chi connectivity index (χ1) is 8.52. The molecule has 0 fully saturated rings. The highest BCUT2D eigenvalue weighted by Gasteiger charge is 2.11. The van der Waals surface area contributed by atoms with Crippen molar-refractivity contribution < 1.29 is 4.74 Å². The molecule has 18 heavy (non-hydrogen) atoms. The number of rotatable bonds is 7. The molecule has 1 aromatic rings. The Bertz CT molecular complexity index is 350. The van der Waals surface area contributed by atoms with Gasteiger partial charge in [-0.3, -0.25) is 4.98 Å². The molecular weight excluding hydrogens is 224 g/mol. The Labute approximate surface area is 111 Å². The number of aromatic nitrogens is 1. The van der Waals surface area contributed by atoms with Crippen molar-refractivity contribution in [2.75, 3.05) is 7.05 Å². The molecule has 1 aromatic heterocycles. The maximum Gasteiger partial charge on any atom is 0.138 e. The third-order valence-electron chi connectivity index (χ3n) is 3.06. The molecular formula is C15H26N2O. The number of aryl methyl sites for hydroxylation is 1. The highest BCUT2D eigenvalue weighted by molar-refractivity contribution is 5.23. The van der Waals surface area contributed by atoms with Crippen molar-refractivity contribution in [2.24, 2.45) is 5.92 Å². The van der Waals surface area contributed by atoms with Crippen LogP contribution in [0.15, 0.2) is 18.5 Å². The van der Waals surface area contributed by atoms with Gasteiger partial charge < -0.3 is 10.1 Å². The van der Waals surface area contributed by atoms with E-state index in [1.807, 2.05) is 27.1 Å². The molecule has 0 spiro atoms. The lowest BCUT2D eigenvalue weighted by Crippen LogP contribution is -2.31. The lowest BCUT2D eigenvalue weighted by atomic mass is 9.97. The molecule has 0 saturated heterocycles.